The number of nitrogens with one attached hydrogen (secondary N) is 1. The molecule has 108 valence electrons. The first kappa shape index (κ1) is 16.0. The fourth-order valence-corrected chi connectivity index (χ4v) is 2.80. The summed E-state index contributed by atoms with van der Waals surface area (Å²) in [6.07, 6.45) is 2.28. The van der Waals surface area contributed by atoms with Gasteiger partial charge in [0.2, 0.25) is 0 Å². The van der Waals surface area contributed by atoms with E-state index in [2.05, 4.69) is 31.1 Å². The van der Waals surface area contributed by atoms with E-state index < -0.39 is 0 Å². The Balaban J connectivity index is 2.65. The number of aryl methyl sites for hydroxylation is 1. The molecule has 0 amide bonds. The number of aromatic nitrogens is 1. The summed E-state index contributed by atoms with van der Waals surface area (Å²) in [4.78, 5) is 16.9. The maximum atomic E-state index is 11.7. The molecule has 1 N–H and O–H groups in total. The van der Waals surface area contributed by atoms with E-state index >= 15 is 0 Å². The van der Waals surface area contributed by atoms with Crippen LogP contribution in [0.25, 0.3) is 0 Å². The first-order valence-electron chi connectivity index (χ1n) is 6.88. The highest BCUT2D eigenvalue weighted by Crippen LogP contribution is 2.24. The maximum absolute atomic E-state index is 11.7. The van der Waals surface area contributed by atoms with Gasteiger partial charge < -0.3 is 10.1 Å². The van der Waals surface area contributed by atoms with Gasteiger partial charge >= 0.3 is 5.97 Å². The lowest BCUT2D eigenvalue weighted by Gasteiger charge is -2.16. The van der Waals surface area contributed by atoms with Gasteiger partial charge in [-0.1, -0.05) is 20.3 Å². The number of thiazole rings is 1. The van der Waals surface area contributed by atoms with E-state index in [9.17, 15) is 4.79 Å². The zero-order valence-electron chi connectivity index (χ0n) is 12.4. The Kier molecular flexibility index (Phi) is 6.28. The van der Waals surface area contributed by atoms with E-state index in [1.165, 1.54) is 17.8 Å². The van der Waals surface area contributed by atoms with Gasteiger partial charge in [-0.15, -0.1) is 11.3 Å². The quantitative estimate of drug-likeness (QED) is 0.772. The minimum atomic E-state index is -0.334. The van der Waals surface area contributed by atoms with E-state index in [1.807, 2.05) is 6.92 Å². The van der Waals surface area contributed by atoms with E-state index in [0.29, 0.717) is 24.3 Å². The summed E-state index contributed by atoms with van der Waals surface area (Å²) in [6, 6.07) is 0.357. The van der Waals surface area contributed by atoms with Crippen LogP contribution in [-0.4, -0.2) is 23.6 Å². The fourth-order valence-electron chi connectivity index (χ4n) is 1.89. The summed E-state index contributed by atoms with van der Waals surface area (Å²) in [5.74, 6) is 0.354. The molecule has 2 unspecified atom stereocenters. The lowest BCUT2D eigenvalue weighted by molar-refractivity contribution is 0.0519. The van der Waals surface area contributed by atoms with Crippen molar-refractivity contribution >= 4 is 22.4 Å². The third kappa shape index (κ3) is 4.82. The van der Waals surface area contributed by atoms with Gasteiger partial charge in [0, 0.05) is 10.9 Å². The van der Waals surface area contributed by atoms with Crippen molar-refractivity contribution in [2.75, 3.05) is 11.9 Å². The third-order valence-corrected chi connectivity index (χ3v) is 3.99. The Morgan fingerprint density at radius 3 is 2.68 bits per heavy atom. The first-order valence-corrected chi connectivity index (χ1v) is 7.70. The van der Waals surface area contributed by atoms with Crippen LogP contribution >= 0.6 is 11.3 Å². The third-order valence-electron chi connectivity index (χ3n) is 3.09. The number of carbonyl (C=O) groups is 1. The second kappa shape index (κ2) is 7.48. The number of ether oxygens (including phenoxy) is 1. The lowest BCUT2D eigenvalue weighted by Crippen LogP contribution is -2.18. The lowest BCUT2D eigenvalue weighted by atomic mass is 10.0. The van der Waals surface area contributed by atoms with Crippen LogP contribution in [-0.2, 0) is 4.74 Å². The van der Waals surface area contributed by atoms with Crippen molar-refractivity contribution in [3.05, 3.63) is 10.6 Å². The molecule has 0 bridgehead atoms. The normalized spacial score (nSPS) is 13.9. The molecule has 4 nitrogen and oxygen atoms in total. The van der Waals surface area contributed by atoms with Crippen LogP contribution in [0.4, 0.5) is 5.13 Å². The Hall–Kier alpha value is -1.10. The van der Waals surface area contributed by atoms with E-state index in [1.54, 1.807) is 6.92 Å². The van der Waals surface area contributed by atoms with Crippen LogP contribution < -0.4 is 5.32 Å². The molecule has 1 rings (SSSR count). The summed E-state index contributed by atoms with van der Waals surface area (Å²) >= 11 is 1.51. The molecule has 0 aromatic carbocycles. The van der Waals surface area contributed by atoms with Crippen LogP contribution in [0.1, 0.15) is 55.9 Å². The van der Waals surface area contributed by atoms with Crippen molar-refractivity contribution in [1.82, 2.24) is 4.98 Å². The molecule has 0 aliphatic carbocycles. The van der Waals surface area contributed by atoms with Crippen molar-refractivity contribution < 1.29 is 9.53 Å². The average Bonchev–Trinajstić information content (AvgIpc) is 2.70. The van der Waals surface area contributed by atoms with E-state index in [-0.39, 0.29) is 5.97 Å². The van der Waals surface area contributed by atoms with Gasteiger partial charge in [0.05, 0.1) is 6.61 Å². The predicted molar refractivity (Wildman–Crippen MR) is 80.0 cm³/mol. The molecular formula is C14H24N2O2S. The topological polar surface area (TPSA) is 51.2 Å². The van der Waals surface area contributed by atoms with Gasteiger partial charge in [-0.3, -0.25) is 0 Å². The van der Waals surface area contributed by atoms with Crippen molar-refractivity contribution in [2.24, 2.45) is 5.92 Å². The van der Waals surface area contributed by atoms with Gasteiger partial charge in [-0.05, 0) is 33.1 Å². The number of hydrogen-bond donors (Lipinski definition) is 1. The number of carbonyl (C=O) groups excluding carboxylic acids is 1. The van der Waals surface area contributed by atoms with Gasteiger partial charge in [-0.2, -0.15) is 0 Å². The Bertz CT molecular complexity index is 418. The zero-order chi connectivity index (χ0) is 14.4. The Morgan fingerprint density at radius 2 is 2.11 bits per heavy atom. The monoisotopic (exact) mass is 284 g/mol. The summed E-state index contributed by atoms with van der Waals surface area (Å²) < 4.78 is 4.99. The first-order chi connectivity index (χ1) is 8.97. The molecule has 0 aliphatic heterocycles. The standard InChI is InChI=1S/C14H24N2O2S/c1-6-9(3)8-10(4)15-14-16-12(11(5)19-14)13(17)18-7-2/h9-10H,6-8H2,1-5H3,(H,15,16). The minimum absolute atomic E-state index is 0.334. The molecule has 0 spiro atoms. The summed E-state index contributed by atoms with van der Waals surface area (Å²) in [5, 5.41) is 4.17. The van der Waals surface area contributed by atoms with Crippen molar-refractivity contribution in [1.29, 1.82) is 0 Å². The number of rotatable bonds is 7. The van der Waals surface area contributed by atoms with Crippen LogP contribution in [0.5, 0.6) is 0 Å². The fraction of sp³-hybridized carbons (Fsp3) is 0.714. The molecule has 5 heteroatoms. The van der Waals surface area contributed by atoms with Gasteiger partial charge in [-0.25, -0.2) is 9.78 Å². The number of anilines is 1. The van der Waals surface area contributed by atoms with Crippen LogP contribution in [0, 0.1) is 12.8 Å². The van der Waals surface area contributed by atoms with Crippen LogP contribution in [0.3, 0.4) is 0 Å². The minimum Gasteiger partial charge on any atom is -0.461 e. The summed E-state index contributed by atoms with van der Waals surface area (Å²) in [7, 11) is 0. The van der Waals surface area contributed by atoms with Crippen molar-refractivity contribution in [2.45, 2.75) is 53.5 Å². The average molecular weight is 284 g/mol. The Labute approximate surface area is 119 Å². The largest absolute Gasteiger partial charge is 0.461 e. The highest BCUT2D eigenvalue weighted by molar-refractivity contribution is 7.15. The van der Waals surface area contributed by atoms with E-state index in [0.717, 1.165) is 16.4 Å². The molecule has 0 saturated carbocycles. The second-order valence-corrected chi connectivity index (χ2v) is 6.14. The summed E-state index contributed by atoms with van der Waals surface area (Å²) in [5.41, 5.74) is 0.435. The second-order valence-electron chi connectivity index (χ2n) is 4.94. The zero-order valence-corrected chi connectivity index (χ0v) is 13.3. The van der Waals surface area contributed by atoms with E-state index in [4.69, 9.17) is 4.74 Å². The number of hydrogen-bond acceptors (Lipinski definition) is 5. The highest BCUT2D eigenvalue weighted by atomic mass is 32.1. The SMILES string of the molecule is CCOC(=O)c1nc(NC(C)CC(C)CC)sc1C. The smallest absolute Gasteiger partial charge is 0.358 e. The van der Waals surface area contributed by atoms with Gasteiger partial charge in [0.15, 0.2) is 10.8 Å². The van der Waals surface area contributed by atoms with Gasteiger partial charge in [0.25, 0.3) is 0 Å². The number of nitrogens with zero attached hydrogens (tertiary/aromatic N) is 1. The highest BCUT2D eigenvalue weighted by Gasteiger charge is 2.17. The number of esters is 1. The summed E-state index contributed by atoms with van der Waals surface area (Å²) in [6.45, 7) is 10.7. The van der Waals surface area contributed by atoms with Crippen LogP contribution in [0.2, 0.25) is 0 Å². The molecular weight excluding hydrogens is 260 g/mol. The molecule has 0 saturated heterocycles. The molecule has 1 heterocycles. The maximum Gasteiger partial charge on any atom is 0.358 e. The molecule has 0 aliphatic rings. The molecule has 1 aromatic heterocycles. The van der Waals surface area contributed by atoms with Crippen LogP contribution in [0.15, 0.2) is 0 Å². The molecule has 0 fully saturated rings. The predicted octanol–water partition coefficient (Wildman–Crippen LogP) is 3.86. The Morgan fingerprint density at radius 1 is 1.42 bits per heavy atom. The van der Waals surface area contributed by atoms with Crippen molar-refractivity contribution in [3.63, 3.8) is 0 Å². The molecule has 1 aromatic rings. The van der Waals surface area contributed by atoms with Crippen molar-refractivity contribution in [3.8, 4) is 0 Å². The van der Waals surface area contributed by atoms with Gasteiger partial charge in [0.1, 0.15) is 0 Å². The molecule has 0 radical (unpaired) electrons. The molecule has 2 atom stereocenters. The molecule has 19 heavy (non-hydrogen) atoms.